The summed E-state index contributed by atoms with van der Waals surface area (Å²) in [6.45, 7) is 7.96. The summed E-state index contributed by atoms with van der Waals surface area (Å²) in [5.74, 6) is -1.46. The molecule has 5 aliphatic rings. The minimum Gasteiger partial charge on any atom is -0.472 e. The fourth-order valence-electron chi connectivity index (χ4n) is 8.41. The lowest BCUT2D eigenvalue weighted by Crippen LogP contribution is -2.66. The van der Waals surface area contributed by atoms with E-state index in [0.717, 1.165) is 17.6 Å². The zero-order valence-electron chi connectivity index (χ0n) is 20.1. The molecule has 3 heterocycles. The number of rotatable bonds is 3. The van der Waals surface area contributed by atoms with E-state index in [0.29, 0.717) is 0 Å². The maximum absolute atomic E-state index is 13.7. The van der Waals surface area contributed by atoms with Crippen LogP contribution >= 0.6 is 0 Å². The predicted molar refractivity (Wildman–Crippen MR) is 119 cm³/mol. The summed E-state index contributed by atoms with van der Waals surface area (Å²) < 4.78 is 23.2. The zero-order chi connectivity index (χ0) is 24.2. The lowest BCUT2D eigenvalue weighted by molar-refractivity contribution is -0.190. The highest BCUT2D eigenvalue weighted by Crippen LogP contribution is 2.72. The molecule has 0 aromatic carbocycles. The molecule has 0 bridgehead atoms. The summed E-state index contributed by atoms with van der Waals surface area (Å²) in [6.07, 6.45) is 6.29. The van der Waals surface area contributed by atoms with Crippen molar-refractivity contribution in [3.05, 3.63) is 47.5 Å². The summed E-state index contributed by atoms with van der Waals surface area (Å²) in [5, 5.41) is 0. The van der Waals surface area contributed by atoms with E-state index in [4.69, 9.17) is 18.6 Å². The summed E-state index contributed by atoms with van der Waals surface area (Å²) in [5.41, 5.74) is 0.794. The maximum Gasteiger partial charge on any atom is 0.316 e. The minimum atomic E-state index is -0.987. The highest BCUT2D eigenvalue weighted by atomic mass is 16.6. The standard InChI is InChI=1S/C27H30O7/c1-13-15(14-7-9-32-12-14)10-16-20(13)27(4)17(11-19(29)31-5)26(3)18(28)6-8-25(2)22(26)21(23(27)33-16)34-24(25)30/h6-9,12,15-17,21-23H,10-11H2,1-5H3/t15-,16?,17-,21-,22?,23-,25-,26+,27?/m1/s1. The quantitative estimate of drug-likeness (QED) is 0.495. The van der Waals surface area contributed by atoms with Crippen LogP contribution in [0.25, 0.3) is 0 Å². The van der Waals surface area contributed by atoms with Gasteiger partial charge in [0.2, 0.25) is 0 Å². The first-order valence-electron chi connectivity index (χ1n) is 12.0. The zero-order valence-corrected chi connectivity index (χ0v) is 20.1. The van der Waals surface area contributed by atoms with E-state index in [1.54, 1.807) is 18.6 Å². The van der Waals surface area contributed by atoms with Crippen molar-refractivity contribution in [1.82, 2.24) is 0 Å². The lowest BCUT2D eigenvalue weighted by Gasteiger charge is -2.59. The van der Waals surface area contributed by atoms with Gasteiger partial charge in [-0.15, -0.1) is 0 Å². The molecule has 2 saturated heterocycles. The molecule has 180 valence electrons. The smallest absolute Gasteiger partial charge is 0.316 e. The molecule has 3 unspecified atom stereocenters. The van der Waals surface area contributed by atoms with Crippen LogP contribution in [-0.4, -0.2) is 43.1 Å². The lowest BCUT2D eigenvalue weighted by atomic mass is 9.42. The Morgan fingerprint density at radius 2 is 1.97 bits per heavy atom. The van der Waals surface area contributed by atoms with E-state index in [2.05, 4.69) is 13.8 Å². The average molecular weight is 467 g/mol. The Hall–Kier alpha value is -2.67. The first-order valence-corrected chi connectivity index (χ1v) is 12.0. The van der Waals surface area contributed by atoms with Crippen LogP contribution < -0.4 is 0 Å². The number of ether oxygens (including phenoxy) is 3. The van der Waals surface area contributed by atoms with Gasteiger partial charge in [0, 0.05) is 22.7 Å². The highest BCUT2D eigenvalue weighted by Gasteiger charge is 2.77. The topological polar surface area (TPSA) is 92.0 Å². The maximum atomic E-state index is 13.7. The van der Waals surface area contributed by atoms with Gasteiger partial charge in [-0.05, 0) is 49.5 Å². The van der Waals surface area contributed by atoms with Gasteiger partial charge in [-0.1, -0.05) is 25.5 Å². The van der Waals surface area contributed by atoms with E-state index in [1.165, 1.54) is 18.8 Å². The van der Waals surface area contributed by atoms with Crippen molar-refractivity contribution in [2.45, 2.75) is 64.8 Å². The number of allylic oxidation sites excluding steroid dienone is 2. The van der Waals surface area contributed by atoms with Crippen molar-refractivity contribution in [2.24, 2.45) is 28.1 Å². The van der Waals surface area contributed by atoms with Gasteiger partial charge >= 0.3 is 11.9 Å². The summed E-state index contributed by atoms with van der Waals surface area (Å²) in [7, 11) is 1.37. The molecule has 6 rings (SSSR count). The van der Waals surface area contributed by atoms with Gasteiger partial charge in [0.05, 0.1) is 37.6 Å². The van der Waals surface area contributed by atoms with E-state index >= 15 is 0 Å². The molecule has 34 heavy (non-hydrogen) atoms. The summed E-state index contributed by atoms with van der Waals surface area (Å²) >= 11 is 0. The number of furan rings is 1. The van der Waals surface area contributed by atoms with E-state index in [9.17, 15) is 14.4 Å². The Kier molecular flexibility index (Phi) is 4.31. The van der Waals surface area contributed by atoms with Gasteiger partial charge in [0.15, 0.2) is 5.78 Å². The number of carbonyl (C=O) groups excluding carboxylic acids is 3. The Balaban J connectivity index is 1.58. The largest absolute Gasteiger partial charge is 0.472 e. The molecule has 9 atom stereocenters. The van der Waals surface area contributed by atoms with Crippen molar-refractivity contribution >= 4 is 17.7 Å². The van der Waals surface area contributed by atoms with Crippen LogP contribution in [0, 0.1) is 28.1 Å². The predicted octanol–water partition coefficient (Wildman–Crippen LogP) is 3.74. The van der Waals surface area contributed by atoms with Crippen molar-refractivity contribution < 1.29 is 33.0 Å². The first-order chi connectivity index (χ1) is 16.1. The van der Waals surface area contributed by atoms with Crippen LogP contribution in [0.4, 0.5) is 0 Å². The third-order valence-corrected chi connectivity index (χ3v) is 9.91. The highest BCUT2D eigenvalue weighted by molar-refractivity contribution is 6.00. The van der Waals surface area contributed by atoms with Crippen LogP contribution in [0.1, 0.15) is 52.0 Å². The third kappa shape index (κ3) is 2.34. The molecule has 0 N–H and O–H groups in total. The van der Waals surface area contributed by atoms with E-state index < -0.39 is 40.3 Å². The Morgan fingerprint density at radius 3 is 2.65 bits per heavy atom. The number of hydrogen-bond acceptors (Lipinski definition) is 7. The molecule has 3 aliphatic carbocycles. The second-order valence-electron chi connectivity index (χ2n) is 11.2. The normalized spacial score (nSPS) is 46.3. The fourth-order valence-corrected chi connectivity index (χ4v) is 8.41. The van der Waals surface area contributed by atoms with Gasteiger partial charge < -0.3 is 18.6 Å². The molecule has 2 aliphatic heterocycles. The van der Waals surface area contributed by atoms with Crippen LogP contribution in [0.3, 0.4) is 0 Å². The molecular weight excluding hydrogens is 436 g/mol. The molecule has 7 nitrogen and oxygen atoms in total. The molecule has 0 radical (unpaired) electrons. The molecule has 1 saturated carbocycles. The molecule has 1 aromatic rings. The number of ketones is 1. The van der Waals surface area contributed by atoms with Crippen LogP contribution in [0.5, 0.6) is 0 Å². The number of esters is 2. The van der Waals surface area contributed by atoms with Crippen LogP contribution in [0.15, 0.2) is 46.3 Å². The number of fused-ring (bicyclic) bond motifs is 4. The van der Waals surface area contributed by atoms with Gasteiger partial charge in [-0.3, -0.25) is 14.4 Å². The molecule has 0 spiro atoms. The van der Waals surface area contributed by atoms with Gasteiger partial charge in [-0.2, -0.15) is 0 Å². The number of methoxy groups -OCH3 is 1. The molecule has 3 fully saturated rings. The molecular formula is C27H30O7. The number of hydrogen-bond donors (Lipinski definition) is 0. The van der Waals surface area contributed by atoms with E-state index in [1.807, 2.05) is 19.9 Å². The second-order valence-corrected chi connectivity index (χ2v) is 11.2. The molecule has 1 aromatic heterocycles. The van der Waals surface area contributed by atoms with Crippen molar-refractivity contribution in [3.8, 4) is 0 Å². The van der Waals surface area contributed by atoms with Crippen molar-refractivity contribution in [1.29, 1.82) is 0 Å². The van der Waals surface area contributed by atoms with Gasteiger partial charge in [0.25, 0.3) is 0 Å². The summed E-state index contributed by atoms with van der Waals surface area (Å²) in [6, 6.07) is 1.97. The average Bonchev–Trinajstić information content (AvgIpc) is 3.54. The second kappa shape index (κ2) is 6.72. The molecule has 0 amide bonds. The van der Waals surface area contributed by atoms with Crippen molar-refractivity contribution in [2.75, 3.05) is 7.11 Å². The van der Waals surface area contributed by atoms with Crippen LogP contribution in [0.2, 0.25) is 0 Å². The Bertz CT molecular complexity index is 1160. The summed E-state index contributed by atoms with van der Waals surface area (Å²) in [4.78, 5) is 39.6. The van der Waals surface area contributed by atoms with Crippen LogP contribution in [-0.2, 0) is 28.6 Å². The monoisotopic (exact) mass is 466 g/mol. The van der Waals surface area contributed by atoms with Gasteiger partial charge in [0.1, 0.15) is 12.2 Å². The Labute approximate surface area is 198 Å². The molecule has 7 heteroatoms. The number of carbonyl (C=O) groups is 3. The third-order valence-electron chi connectivity index (χ3n) is 9.91. The van der Waals surface area contributed by atoms with E-state index in [-0.39, 0.29) is 36.2 Å². The fraction of sp³-hybridized carbons (Fsp3) is 0.593. The van der Waals surface area contributed by atoms with Gasteiger partial charge in [-0.25, -0.2) is 0 Å². The van der Waals surface area contributed by atoms with Crippen molar-refractivity contribution in [3.63, 3.8) is 0 Å². The Morgan fingerprint density at radius 1 is 1.21 bits per heavy atom. The SMILES string of the molecule is COC(=O)C[C@H]1C2(C)C3=C(C)[C@H](c4ccoc4)CC3O[C@@H]2[C@@H]2OC(=O)[C@]3(C)C=CC(=O)[C@@]1(C)C23. The minimum absolute atomic E-state index is 0.0658. The first kappa shape index (κ1) is 21.8.